The van der Waals surface area contributed by atoms with E-state index in [-0.39, 0.29) is 17.7 Å². The van der Waals surface area contributed by atoms with E-state index in [2.05, 4.69) is 12.2 Å². The minimum atomic E-state index is -0.636. The highest BCUT2D eigenvalue weighted by Crippen LogP contribution is 2.45. The summed E-state index contributed by atoms with van der Waals surface area (Å²) >= 11 is 0. The SMILES string of the molecule is CC(C)C1(O)CN(C(=O)C2CC3C=CC2C3)C1. The Morgan fingerprint density at radius 2 is 2.06 bits per heavy atom. The van der Waals surface area contributed by atoms with Crippen molar-refractivity contribution in [1.29, 1.82) is 0 Å². The van der Waals surface area contributed by atoms with Crippen LogP contribution in [0.25, 0.3) is 0 Å². The summed E-state index contributed by atoms with van der Waals surface area (Å²) in [5, 5.41) is 10.2. The molecule has 2 fully saturated rings. The van der Waals surface area contributed by atoms with E-state index in [1.165, 1.54) is 6.42 Å². The number of rotatable bonds is 2. The van der Waals surface area contributed by atoms with Crippen molar-refractivity contribution < 1.29 is 9.90 Å². The Kier molecular flexibility index (Phi) is 2.37. The van der Waals surface area contributed by atoms with Gasteiger partial charge in [-0.05, 0) is 30.6 Å². The van der Waals surface area contributed by atoms with Crippen molar-refractivity contribution in [1.82, 2.24) is 4.90 Å². The van der Waals surface area contributed by atoms with Crippen LogP contribution in [0.2, 0.25) is 0 Å². The number of carbonyl (C=O) groups excluding carboxylic acids is 1. The van der Waals surface area contributed by atoms with Crippen LogP contribution in [0.3, 0.4) is 0 Å². The van der Waals surface area contributed by atoms with E-state index in [9.17, 15) is 9.90 Å². The molecule has 3 heteroatoms. The molecular weight excluding hydrogens is 214 g/mol. The van der Waals surface area contributed by atoms with Crippen molar-refractivity contribution in [2.75, 3.05) is 13.1 Å². The highest BCUT2D eigenvalue weighted by molar-refractivity contribution is 5.81. The molecule has 0 aromatic rings. The quantitative estimate of drug-likeness (QED) is 0.736. The fraction of sp³-hybridized carbons (Fsp3) is 0.786. The zero-order chi connectivity index (χ0) is 12.2. The molecule has 0 aromatic heterocycles. The summed E-state index contributed by atoms with van der Waals surface area (Å²) in [6, 6.07) is 0. The summed E-state index contributed by atoms with van der Waals surface area (Å²) < 4.78 is 0. The lowest BCUT2D eigenvalue weighted by Crippen LogP contribution is -2.67. The van der Waals surface area contributed by atoms with Crippen molar-refractivity contribution in [2.24, 2.45) is 23.7 Å². The minimum absolute atomic E-state index is 0.196. The van der Waals surface area contributed by atoms with Gasteiger partial charge in [-0.15, -0.1) is 0 Å². The lowest BCUT2D eigenvalue weighted by Gasteiger charge is -2.50. The van der Waals surface area contributed by atoms with E-state index in [1.54, 1.807) is 0 Å². The summed E-state index contributed by atoms with van der Waals surface area (Å²) in [5.41, 5.74) is -0.636. The zero-order valence-corrected chi connectivity index (χ0v) is 10.6. The highest BCUT2D eigenvalue weighted by Gasteiger charge is 2.49. The van der Waals surface area contributed by atoms with E-state index in [0.717, 1.165) is 6.42 Å². The molecule has 1 heterocycles. The zero-order valence-electron chi connectivity index (χ0n) is 10.6. The van der Waals surface area contributed by atoms with E-state index >= 15 is 0 Å². The topological polar surface area (TPSA) is 40.5 Å². The molecule has 3 atom stereocenters. The molecule has 1 aliphatic heterocycles. The van der Waals surface area contributed by atoms with Gasteiger partial charge in [0.2, 0.25) is 5.91 Å². The van der Waals surface area contributed by atoms with Crippen LogP contribution in [0, 0.1) is 23.7 Å². The summed E-state index contributed by atoms with van der Waals surface area (Å²) in [5.74, 6) is 1.81. The molecule has 1 saturated carbocycles. The molecule has 17 heavy (non-hydrogen) atoms. The molecule has 0 spiro atoms. The van der Waals surface area contributed by atoms with Gasteiger partial charge in [-0.2, -0.15) is 0 Å². The van der Waals surface area contributed by atoms with E-state index in [1.807, 2.05) is 18.7 Å². The summed E-state index contributed by atoms with van der Waals surface area (Å²) in [7, 11) is 0. The highest BCUT2D eigenvalue weighted by atomic mass is 16.3. The number of hydrogen-bond acceptors (Lipinski definition) is 2. The molecule has 3 unspecified atom stereocenters. The number of carbonyl (C=O) groups is 1. The van der Waals surface area contributed by atoms with Gasteiger partial charge in [-0.25, -0.2) is 0 Å². The molecule has 0 aromatic carbocycles. The third-order valence-electron chi connectivity index (χ3n) is 4.91. The number of aliphatic hydroxyl groups is 1. The van der Waals surface area contributed by atoms with Crippen LogP contribution in [0.15, 0.2) is 12.2 Å². The molecule has 3 rings (SSSR count). The molecule has 2 bridgehead atoms. The standard InChI is InChI=1S/C14H21NO2/c1-9(2)14(17)7-15(8-14)13(16)12-6-10-3-4-11(12)5-10/h3-4,9-12,17H,5-8H2,1-2H3. The largest absolute Gasteiger partial charge is 0.386 e. The Labute approximate surface area is 102 Å². The summed E-state index contributed by atoms with van der Waals surface area (Å²) in [6.07, 6.45) is 6.66. The molecule has 94 valence electrons. The average molecular weight is 235 g/mol. The minimum Gasteiger partial charge on any atom is -0.386 e. The second kappa shape index (κ2) is 3.58. The second-order valence-corrected chi connectivity index (χ2v) is 6.34. The Balaban J connectivity index is 1.61. The molecule has 3 aliphatic rings. The summed E-state index contributed by atoms with van der Waals surface area (Å²) in [6.45, 7) is 5.09. The van der Waals surface area contributed by atoms with Crippen molar-refractivity contribution >= 4 is 5.91 Å². The van der Waals surface area contributed by atoms with Crippen LogP contribution in [0.4, 0.5) is 0 Å². The maximum atomic E-state index is 12.3. The van der Waals surface area contributed by atoms with E-state index in [4.69, 9.17) is 0 Å². The number of hydrogen-bond donors (Lipinski definition) is 1. The van der Waals surface area contributed by atoms with Crippen LogP contribution in [-0.2, 0) is 4.79 Å². The van der Waals surface area contributed by atoms with Crippen molar-refractivity contribution in [3.8, 4) is 0 Å². The van der Waals surface area contributed by atoms with E-state index in [0.29, 0.717) is 24.9 Å². The van der Waals surface area contributed by atoms with Crippen molar-refractivity contribution in [3.05, 3.63) is 12.2 Å². The number of likely N-dealkylation sites (tertiary alicyclic amines) is 1. The molecule has 3 nitrogen and oxygen atoms in total. The van der Waals surface area contributed by atoms with Crippen LogP contribution >= 0.6 is 0 Å². The fourth-order valence-corrected chi connectivity index (χ4v) is 3.43. The third-order valence-corrected chi connectivity index (χ3v) is 4.91. The Morgan fingerprint density at radius 3 is 2.53 bits per heavy atom. The molecular formula is C14H21NO2. The number of allylic oxidation sites excluding steroid dienone is 2. The average Bonchev–Trinajstić information content (AvgIpc) is 2.84. The Morgan fingerprint density at radius 1 is 1.35 bits per heavy atom. The van der Waals surface area contributed by atoms with Crippen LogP contribution < -0.4 is 0 Å². The van der Waals surface area contributed by atoms with Gasteiger partial charge in [0.05, 0.1) is 13.1 Å². The molecule has 0 radical (unpaired) electrons. The van der Waals surface area contributed by atoms with Gasteiger partial charge in [0.15, 0.2) is 0 Å². The van der Waals surface area contributed by atoms with Gasteiger partial charge in [0.25, 0.3) is 0 Å². The number of nitrogens with zero attached hydrogens (tertiary/aromatic N) is 1. The predicted octanol–water partition coefficient (Wildman–Crippen LogP) is 1.43. The molecule has 1 saturated heterocycles. The molecule has 1 N–H and O–H groups in total. The van der Waals surface area contributed by atoms with Crippen LogP contribution in [-0.4, -0.2) is 34.6 Å². The Bertz CT molecular complexity index is 368. The second-order valence-electron chi connectivity index (χ2n) is 6.34. The van der Waals surface area contributed by atoms with E-state index < -0.39 is 5.60 Å². The predicted molar refractivity (Wildman–Crippen MR) is 65.2 cm³/mol. The van der Waals surface area contributed by atoms with Crippen molar-refractivity contribution in [3.63, 3.8) is 0 Å². The summed E-state index contributed by atoms with van der Waals surface area (Å²) in [4.78, 5) is 14.2. The number of fused-ring (bicyclic) bond motifs is 2. The lowest BCUT2D eigenvalue weighted by molar-refractivity contribution is -0.168. The first-order valence-electron chi connectivity index (χ1n) is 6.69. The van der Waals surface area contributed by atoms with Crippen molar-refractivity contribution in [2.45, 2.75) is 32.3 Å². The van der Waals surface area contributed by atoms with Gasteiger partial charge < -0.3 is 10.0 Å². The maximum Gasteiger partial charge on any atom is 0.226 e. The van der Waals surface area contributed by atoms with Gasteiger partial charge in [-0.1, -0.05) is 26.0 Å². The van der Waals surface area contributed by atoms with Gasteiger partial charge in [0.1, 0.15) is 5.60 Å². The first-order chi connectivity index (χ1) is 7.99. The molecule has 1 amide bonds. The van der Waals surface area contributed by atoms with Crippen LogP contribution in [0.5, 0.6) is 0 Å². The molecule has 2 aliphatic carbocycles. The Hall–Kier alpha value is -0.830. The van der Waals surface area contributed by atoms with Crippen LogP contribution in [0.1, 0.15) is 26.7 Å². The fourth-order valence-electron chi connectivity index (χ4n) is 3.43. The van der Waals surface area contributed by atoms with Gasteiger partial charge >= 0.3 is 0 Å². The normalized spacial score (nSPS) is 37.6. The van der Waals surface area contributed by atoms with Gasteiger partial charge in [0, 0.05) is 5.92 Å². The van der Waals surface area contributed by atoms with Gasteiger partial charge in [-0.3, -0.25) is 4.79 Å². The first-order valence-corrected chi connectivity index (χ1v) is 6.69. The first kappa shape index (κ1) is 11.3. The monoisotopic (exact) mass is 235 g/mol. The lowest BCUT2D eigenvalue weighted by atomic mass is 9.81. The third kappa shape index (κ3) is 1.63. The maximum absolute atomic E-state index is 12.3. The number of amides is 1. The smallest absolute Gasteiger partial charge is 0.226 e. The number of β-amino-alcohol motifs (C(OH)–C–C–N with tert-alkyl or cyclic N) is 1.